The molecule has 1 heterocycles. The number of ether oxygens (including phenoxy) is 1. The molecule has 0 aromatic heterocycles. The van der Waals surface area contributed by atoms with Gasteiger partial charge in [-0.2, -0.15) is 0 Å². The molecule has 5 nitrogen and oxygen atoms in total. The zero-order valence-electron chi connectivity index (χ0n) is 18.3. The van der Waals surface area contributed by atoms with E-state index in [1.165, 1.54) is 11.8 Å². The van der Waals surface area contributed by atoms with E-state index in [2.05, 4.69) is 5.32 Å². The Balaban J connectivity index is 1.66. The molecule has 2 aromatic rings. The molecule has 162 valence electrons. The van der Waals surface area contributed by atoms with E-state index >= 15 is 0 Å². The standard InChI is InChI=1S/C24H26N2O3S2/c1-14(2)26-23(28)20(31-24(26)30)12-18-7-6-8-19(11-18)29-13-21(27)25-22-16(4)9-15(3)10-17(22)5/h6-12,14H,13H2,1-5H3,(H,25,27)/b20-12-. The van der Waals surface area contributed by atoms with Gasteiger partial charge in [-0.3, -0.25) is 14.5 Å². The van der Waals surface area contributed by atoms with Gasteiger partial charge in [0, 0.05) is 11.7 Å². The smallest absolute Gasteiger partial charge is 0.266 e. The number of nitrogens with one attached hydrogen (secondary N) is 1. The van der Waals surface area contributed by atoms with Crippen molar-refractivity contribution >= 4 is 51.9 Å². The molecule has 2 aromatic carbocycles. The summed E-state index contributed by atoms with van der Waals surface area (Å²) in [5.74, 6) is 0.249. The Labute approximate surface area is 192 Å². The van der Waals surface area contributed by atoms with Gasteiger partial charge in [-0.25, -0.2) is 0 Å². The summed E-state index contributed by atoms with van der Waals surface area (Å²) in [6.45, 7) is 9.75. The van der Waals surface area contributed by atoms with E-state index in [1.54, 1.807) is 23.1 Å². The summed E-state index contributed by atoms with van der Waals surface area (Å²) in [6, 6.07) is 11.4. The number of amides is 2. The maximum atomic E-state index is 12.6. The Morgan fingerprint density at radius 2 is 1.87 bits per heavy atom. The predicted molar refractivity (Wildman–Crippen MR) is 131 cm³/mol. The highest BCUT2D eigenvalue weighted by Crippen LogP contribution is 2.34. The van der Waals surface area contributed by atoms with Crippen molar-refractivity contribution < 1.29 is 14.3 Å². The van der Waals surface area contributed by atoms with Crippen molar-refractivity contribution in [1.29, 1.82) is 0 Å². The minimum absolute atomic E-state index is 0.0207. The molecular weight excluding hydrogens is 428 g/mol. The average molecular weight is 455 g/mol. The highest BCUT2D eigenvalue weighted by atomic mass is 32.2. The van der Waals surface area contributed by atoms with Gasteiger partial charge in [0.25, 0.3) is 11.8 Å². The fraction of sp³-hybridized carbons (Fsp3) is 0.292. The second-order valence-electron chi connectivity index (χ2n) is 7.83. The number of hydrogen-bond donors (Lipinski definition) is 1. The van der Waals surface area contributed by atoms with Gasteiger partial charge < -0.3 is 10.1 Å². The summed E-state index contributed by atoms with van der Waals surface area (Å²) in [5.41, 5.74) is 4.83. The largest absolute Gasteiger partial charge is 0.484 e. The van der Waals surface area contributed by atoms with Crippen molar-refractivity contribution in [2.75, 3.05) is 11.9 Å². The van der Waals surface area contributed by atoms with Crippen molar-refractivity contribution in [3.8, 4) is 5.75 Å². The van der Waals surface area contributed by atoms with Gasteiger partial charge in [0.2, 0.25) is 0 Å². The van der Waals surface area contributed by atoms with Gasteiger partial charge in [0.05, 0.1) is 4.91 Å². The molecule has 0 aliphatic carbocycles. The second-order valence-corrected chi connectivity index (χ2v) is 9.50. The lowest BCUT2D eigenvalue weighted by Crippen LogP contribution is -2.34. The van der Waals surface area contributed by atoms with Crippen LogP contribution in [0.25, 0.3) is 6.08 Å². The van der Waals surface area contributed by atoms with Crippen LogP contribution in [0.3, 0.4) is 0 Å². The van der Waals surface area contributed by atoms with Gasteiger partial charge in [-0.15, -0.1) is 0 Å². The summed E-state index contributed by atoms with van der Waals surface area (Å²) in [5, 5.41) is 2.93. The lowest BCUT2D eigenvalue weighted by atomic mass is 10.1. The minimum Gasteiger partial charge on any atom is -0.484 e. The molecular formula is C24H26N2O3S2. The highest BCUT2D eigenvalue weighted by Gasteiger charge is 2.33. The maximum Gasteiger partial charge on any atom is 0.266 e. The van der Waals surface area contributed by atoms with Crippen molar-refractivity contribution in [3.63, 3.8) is 0 Å². The first-order valence-corrected chi connectivity index (χ1v) is 11.3. The molecule has 1 N–H and O–H groups in total. The first-order chi connectivity index (χ1) is 14.7. The lowest BCUT2D eigenvalue weighted by molar-refractivity contribution is -0.123. The highest BCUT2D eigenvalue weighted by molar-refractivity contribution is 8.26. The molecule has 2 amide bonds. The molecule has 0 spiro atoms. The van der Waals surface area contributed by atoms with E-state index < -0.39 is 0 Å². The molecule has 3 rings (SSSR count). The van der Waals surface area contributed by atoms with Gasteiger partial charge in [0.1, 0.15) is 10.1 Å². The third-order valence-corrected chi connectivity index (χ3v) is 6.14. The van der Waals surface area contributed by atoms with Gasteiger partial charge in [-0.1, -0.05) is 53.8 Å². The molecule has 7 heteroatoms. The third-order valence-electron chi connectivity index (χ3n) is 4.81. The monoisotopic (exact) mass is 454 g/mol. The van der Waals surface area contributed by atoms with Crippen LogP contribution >= 0.6 is 24.0 Å². The number of thioether (sulfide) groups is 1. The number of anilines is 1. The molecule has 31 heavy (non-hydrogen) atoms. The normalized spacial score (nSPS) is 15.2. The molecule has 0 atom stereocenters. The Morgan fingerprint density at radius 1 is 1.19 bits per heavy atom. The number of carbonyl (C=O) groups excluding carboxylic acids is 2. The zero-order chi connectivity index (χ0) is 22.7. The van der Waals surface area contributed by atoms with Crippen molar-refractivity contribution in [2.45, 2.75) is 40.7 Å². The number of thiocarbonyl (C=S) groups is 1. The Bertz CT molecular complexity index is 1050. The number of carbonyl (C=O) groups is 2. The van der Waals surface area contributed by atoms with Crippen molar-refractivity contribution in [3.05, 3.63) is 63.6 Å². The molecule has 1 aliphatic heterocycles. The Morgan fingerprint density at radius 3 is 2.48 bits per heavy atom. The topological polar surface area (TPSA) is 58.6 Å². The van der Waals surface area contributed by atoms with E-state index in [1.807, 2.05) is 58.9 Å². The van der Waals surface area contributed by atoms with E-state index in [4.69, 9.17) is 17.0 Å². The van der Waals surface area contributed by atoms with E-state index in [0.29, 0.717) is 15.0 Å². The first-order valence-electron chi connectivity index (χ1n) is 10.0. The van der Waals surface area contributed by atoms with Crippen LogP contribution in [0.2, 0.25) is 0 Å². The Hall–Kier alpha value is -2.64. The van der Waals surface area contributed by atoms with Gasteiger partial charge in [0.15, 0.2) is 6.61 Å². The van der Waals surface area contributed by atoms with Crippen LogP contribution in [0.1, 0.15) is 36.1 Å². The molecule has 1 aliphatic rings. The molecule has 1 fully saturated rings. The summed E-state index contributed by atoms with van der Waals surface area (Å²) in [4.78, 5) is 27.2. The van der Waals surface area contributed by atoms with Gasteiger partial charge in [-0.05, 0) is 69.5 Å². The number of nitrogens with zero attached hydrogens (tertiary/aromatic N) is 1. The van der Waals surface area contributed by atoms with Crippen LogP contribution in [-0.4, -0.2) is 33.7 Å². The molecule has 0 radical (unpaired) electrons. The summed E-state index contributed by atoms with van der Waals surface area (Å²) < 4.78 is 6.25. The van der Waals surface area contributed by atoms with Crippen LogP contribution in [0.5, 0.6) is 5.75 Å². The van der Waals surface area contributed by atoms with E-state index in [0.717, 1.165) is 27.9 Å². The molecule has 0 saturated carbocycles. The van der Waals surface area contributed by atoms with Crippen LogP contribution in [0.15, 0.2) is 41.3 Å². The number of aryl methyl sites for hydroxylation is 3. The summed E-state index contributed by atoms with van der Waals surface area (Å²) in [6.07, 6.45) is 1.80. The predicted octanol–water partition coefficient (Wildman–Crippen LogP) is 5.24. The number of rotatable bonds is 6. The van der Waals surface area contributed by atoms with Gasteiger partial charge >= 0.3 is 0 Å². The van der Waals surface area contributed by atoms with Crippen LogP contribution in [0, 0.1) is 20.8 Å². The minimum atomic E-state index is -0.224. The zero-order valence-corrected chi connectivity index (χ0v) is 19.9. The van der Waals surface area contributed by atoms with Crippen molar-refractivity contribution in [2.24, 2.45) is 0 Å². The summed E-state index contributed by atoms with van der Waals surface area (Å²) in [7, 11) is 0. The Kier molecular flexibility index (Phi) is 7.18. The SMILES string of the molecule is Cc1cc(C)c(NC(=O)COc2cccc(/C=C3\SC(=S)N(C(C)C)C3=O)c2)c(C)c1. The molecule has 1 saturated heterocycles. The quantitative estimate of drug-likeness (QED) is 0.478. The molecule has 0 unspecified atom stereocenters. The maximum absolute atomic E-state index is 12.6. The average Bonchev–Trinajstić information content (AvgIpc) is 2.96. The third kappa shape index (κ3) is 5.54. The molecule has 0 bridgehead atoms. The van der Waals surface area contributed by atoms with E-state index in [-0.39, 0.29) is 24.5 Å². The fourth-order valence-corrected chi connectivity index (χ4v) is 5.00. The summed E-state index contributed by atoms with van der Waals surface area (Å²) >= 11 is 6.62. The number of hydrogen-bond acceptors (Lipinski definition) is 5. The van der Waals surface area contributed by atoms with Crippen LogP contribution < -0.4 is 10.1 Å². The van der Waals surface area contributed by atoms with E-state index in [9.17, 15) is 9.59 Å². The van der Waals surface area contributed by atoms with Crippen LogP contribution in [-0.2, 0) is 9.59 Å². The lowest BCUT2D eigenvalue weighted by Gasteiger charge is -2.18. The second kappa shape index (κ2) is 9.66. The number of benzene rings is 2. The van der Waals surface area contributed by atoms with Crippen LogP contribution in [0.4, 0.5) is 5.69 Å². The fourth-order valence-electron chi connectivity index (χ4n) is 3.47. The van der Waals surface area contributed by atoms with Crippen molar-refractivity contribution in [1.82, 2.24) is 4.90 Å². The first kappa shape index (κ1) is 23.0.